The molecule has 2 aromatic carbocycles. The van der Waals surface area contributed by atoms with Gasteiger partial charge in [0, 0.05) is 0 Å². The number of ketones is 1. The molecule has 0 unspecified atom stereocenters. The summed E-state index contributed by atoms with van der Waals surface area (Å²) in [6.07, 6.45) is 7.05. The van der Waals surface area contributed by atoms with Crippen LogP contribution in [0.4, 0.5) is 0 Å². The second kappa shape index (κ2) is 4.20. The highest BCUT2D eigenvalue weighted by Crippen LogP contribution is 2.32. The molecule has 1 aliphatic heterocycles. The number of para-hydroxylation sites is 1. The fourth-order valence-electron chi connectivity index (χ4n) is 2.72. The first-order valence-corrected chi connectivity index (χ1v) is 6.64. The number of carbonyl (C=O) groups excluding carboxylic acids is 1. The molecule has 96 valence electrons. The van der Waals surface area contributed by atoms with E-state index < -0.39 is 0 Å². The zero-order valence-corrected chi connectivity index (χ0v) is 10.8. The van der Waals surface area contributed by atoms with Crippen LogP contribution in [0.25, 0.3) is 12.2 Å². The van der Waals surface area contributed by atoms with Crippen molar-refractivity contribution in [1.29, 1.82) is 0 Å². The minimum Gasteiger partial charge on any atom is -0.452 e. The molecule has 20 heavy (non-hydrogen) atoms. The summed E-state index contributed by atoms with van der Waals surface area (Å²) in [4.78, 5) is 12.3. The van der Waals surface area contributed by atoms with Crippen molar-refractivity contribution in [3.05, 3.63) is 76.6 Å². The number of allylic oxidation sites excluding steroid dienone is 2. The zero-order chi connectivity index (χ0) is 13.5. The van der Waals surface area contributed by atoms with Gasteiger partial charge in [-0.2, -0.15) is 0 Å². The number of rotatable bonds is 1. The molecular weight excluding hydrogens is 248 g/mol. The first-order chi connectivity index (χ1) is 9.83. The fourth-order valence-corrected chi connectivity index (χ4v) is 2.72. The second-order valence-corrected chi connectivity index (χ2v) is 4.96. The van der Waals surface area contributed by atoms with Crippen LogP contribution in [-0.4, -0.2) is 5.78 Å². The Hall–Kier alpha value is -2.61. The Labute approximate surface area is 117 Å². The van der Waals surface area contributed by atoms with E-state index in [9.17, 15) is 4.79 Å². The molecule has 0 saturated heterocycles. The Balaban J connectivity index is 1.79. The summed E-state index contributed by atoms with van der Waals surface area (Å²) in [5.41, 5.74) is 4.16. The lowest BCUT2D eigenvalue weighted by molar-refractivity contribution is 0.101. The number of hydrogen-bond acceptors (Lipinski definition) is 2. The van der Waals surface area contributed by atoms with E-state index in [1.54, 1.807) is 6.07 Å². The summed E-state index contributed by atoms with van der Waals surface area (Å²) >= 11 is 0. The van der Waals surface area contributed by atoms with Gasteiger partial charge in [-0.15, -0.1) is 0 Å². The number of carbonyl (C=O) groups is 1. The van der Waals surface area contributed by atoms with Crippen molar-refractivity contribution < 1.29 is 9.53 Å². The molecule has 0 N–H and O–H groups in total. The van der Waals surface area contributed by atoms with Gasteiger partial charge in [-0.25, -0.2) is 0 Å². The minimum absolute atomic E-state index is 0.0415. The number of fused-ring (bicyclic) bond motifs is 2. The van der Waals surface area contributed by atoms with Gasteiger partial charge in [0.2, 0.25) is 5.78 Å². The highest BCUT2D eigenvalue weighted by molar-refractivity contribution is 6.14. The maximum atomic E-state index is 12.3. The van der Waals surface area contributed by atoms with Crippen LogP contribution in [0.1, 0.15) is 27.0 Å². The number of Topliss-reactive ketones (excluding diaryl/α,β-unsaturated/α-hetero) is 1. The summed E-state index contributed by atoms with van der Waals surface area (Å²) in [5.74, 6) is 1.01. The lowest BCUT2D eigenvalue weighted by Crippen LogP contribution is -1.98. The molecule has 2 heteroatoms. The largest absolute Gasteiger partial charge is 0.452 e. The zero-order valence-electron chi connectivity index (χ0n) is 10.8. The Bertz CT molecular complexity index is 782. The van der Waals surface area contributed by atoms with E-state index in [0.717, 1.165) is 12.0 Å². The average Bonchev–Trinajstić information content (AvgIpc) is 3.06. The SMILES string of the molecule is O=C1/C(=C/c2cccc3c2C=CC3)Oc2ccccc21. The molecule has 0 saturated carbocycles. The van der Waals surface area contributed by atoms with Crippen LogP contribution < -0.4 is 4.74 Å². The predicted octanol–water partition coefficient (Wildman–Crippen LogP) is 3.87. The molecule has 0 amide bonds. The maximum absolute atomic E-state index is 12.3. The van der Waals surface area contributed by atoms with E-state index in [-0.39, 0.29) is 5.78 Å². The Morgan fingerprint density at radius 3 is 2.85 bits per heavy atom. The standard InChI is InChI=1S/C18H12O2/c19-18-15-8-1-2-10-16(15)20-17(18)11-13-7-3-5-12-6-4-9-14(12)13/h1-5,7-11H,6H2/b17-11-. The predicted molar refractivity (Wildman–Crippen MR) is 78.6 cm³/mol. The van der Waals surface area contributed by atoms with E-state index >= 15 is 0 Å². The van der Waals surface area contributed by atoms with Crippen LogP contribution in [0.2, 0.25) is 0 Å². The topological polar surface area (TPSA) is 26.3 Å². The summed E-state index contributed by atoms with van der Waals surface area (Å²) in [5, 5.41) is 0. The van der Waals surface area contributed by atoms with Crippen molar-refractivity contribution in [2.75, 3.05) is 0 Å². The lowest BCUT2D eigenvalue weighted by Gasteiger charge is -2.04. The van der Waals surface area contributed by atoms with Crippen molar-refractivity contribution in [3.8, 4) is 5.75 Å². The first-order valence-electron chi connectivity index (χ1n) is 6.64. The monoisotopic (exact) mass is 260 g/mol. The Morgan fingerprint density at radius 2 is 1.95 bits per heavy atom. The molecule has 1 aliphatic carbocycles. The summed E-state index contributed by atoms with van der Waals surface area (Å²) in [7, 11) is 0. The van der Waals surface area contributed by atoms with Crippen LogP contribution in [0.3, 0.4) is 0 Å². The van der Waals surface area contributed by atoms with Gasteiger partial charge in [0.05, 0.1) is 5.56 Å². The smallest absolute Gasteiger partial charge is 0.231 e. The van der Waals surface area contributed by atoms with Gasteiger partial charge in [0.15, 0.2) is 5.76 Å². The quantitative estimate of drug-likeness (QED) is 0.727. The van der Waals surface area contributed by atoms with E-state index in [4.69, 9.17) is 4.74 Å². The first kappa shape index (κ1) is 11.2. The third kappa shape index (κ3) is 1.62. The fraction of sp³-hybridized carbons (Fsp3) is 0.0556. The second-order valence-electron chi connectivity index (χ2n) is 4.96. The van der Waals surface area contributed by atoms with Crippen LogP contribution in [0.5, 0.6) is 5.75 Å². The number of hydrogen-bond donors (Lipinski definition) is 0. The van der Waals surface area contributed by atoms with Gasteiger partial charge in [-0.05, 0) is 41.3 Å². The molecule has 0 fully saturated rings. The van der Waals surface area contributed by atoms with E-state index in [2.05, 4.69) is 18.2 Å². The molecule has 0 atom stereocenters. The van der Waals surface area contributed by atoms with Crippen molar-refractivity contribution in [2.24, 2.45) is 0 Å². The molecular formula is C18H12O2. The minimum atomic E-state index is -0.0415. The number of ether oxygens (including phenoxy) is 1. The average molecular weight is 260 g/mol. The Morgan fingerprint density at radius 1 is 1.05 bits per heavy atom. The van der Waals surface area contributed by atoms with E-state index in [1.165, 1.54) is 11.1 Å². The highest BCUT2D eigenvalue weighted by atomic mass is 16.5. The van der Waals surface area contributed by atoms with Gasteiger partial charge in [-0.1, -0.05) is 42.5 Å². The van der Waals surface area contributed by atoms with Gasteiger partial charge < -0.3 is 4.74 Å². The Kier molecular flexibility index (Phi) is 2.36. The van der Waals surface area contributed by atoms with Gasteiger partial charge in [0.1, 0.15) is 5.75 Å². The summed E-state index contributed by atoms with van der Waals surface area (Å²) in [6, 6.07) is 13.5. The van der Waals surface area contributed by atoms with Crippen LogP contribution >= 0.6 is 0 Å². The third-order valence-electron chi connectivity index (χ3n) is 3.71. The van der Waals surface area contributed by atoms with E-state index in [0.29, 0.717) is 17.1 Å². The molecule has 0 aromatic heterocycles. The van der Waals surface area contributed by atoms with Crippen LogP contribution in [0.15, 0.2) is 54.3 Å². The molecule has 4 rings (SSSR count). The molecule has 0 spiro atoms. The summed E-state index contributed by atoms with van der Waals surface area (Å²) in [6.45, 7) is 0. The molecule has 2 aromatic rings. The lowest BCUT2D eigenvalue weighted by atomic mass is 10.0. The van der Waals surface area contributed by atoms with Crippen molar-refractivity contribution in [1.82, 2.24) is 0 Å². The highest BCUT2D eigenvalue weighted by Gasteiger charge is 2.26. The molecule has 0 radical (unpaired) electrons. The third-order valence-corrected chi connectivity index (χ3v) is 3.71. The van der Waals surface area contributed by atoms with Crippen LogP contribution in [0, 0.1) is 0 Å². The van der Waals surface area contributed by atoms with Crippen molar-refractivity contribution >= 4 is 17.9 Å². The normalized spacial score (nSPS) is 17.2. The molecule has 0 bridgehead atoms. The van der Waals surface area contributed by atoms with Crippen molar-refractivity contribution in [2.45, 2.75) is 6.42 Å². The van der Waals surface area contributed by atoms with Gasteiger partial charge >= 0.3 is 0 Å². The van der Waals surface area contributed by atoms with Gasteiger partial charge in [-0.3, -0.25) is 4.79 Å². The maximum Gasteiger partial charge on any atom is 0.231 e. The van der Waals surface area contributed by atoms with Crippen molar-refractivity contribution in [3.63, 3.8) is 0 Å². The van der Waals surface area contributed by atoms with Gasteiger partial charge in [0.25, 0.3) is 0 Å². The van der Waals surface area contributed by atoms with E-state index in [1.807, 2.05) is 36.4 Å². The molecule has 2 aliphatic rings. The number of benzene rings is 2. The molecule has 1 heterocycles. The van der Waals surface area contributed by atoms with Crippen LogP contribution in [-0.2, 0) is 6.42 Å². The summed E-state index contributed by atoms with van der Waals surface area (Å²) < 4.78 is 5.67. The molecule has 2 nitrogen and oxygen atoms in total.